The lowest BCUT2D eigenvalue weighted by Crippen LogP contribution is -2.07. The quantitative estimate of drug-likeness (QED) is 0.903. The van der Waals surface area contributed by atoms with Crippen molar-refractivity contribution in [1.82, 2.24) is 4.57 Å². The smallest absolute Gasteiger partial charge is 0.396 e. The van der Waals surface area contributed by atoms with Crippen molar-refractivity contribution < 1.29 is 18.3 Å². The molecule has 1 unspecified atom stereocenters. The first-order chi connectivity index (χ1) is 8.90. The first kappa shape index (κ1) is 13.9. The van der Waals surface area contributed by atoms with Gasteiger partial charge in [-0.3, -0.25) is 0 Å². The van der Waals surface area contributed by atoms with E-state index in [2.05, 4.69) is 0 Å². The summed E-state index contributed by atoms with van der Waals surface area (Å²) >= 11 is 0. The molecule has 0 saturated heterocycles. The van der Waals surface area contributed by atoms with E-state index in [-0.39, 0.29) is 17.9 Å². The zero-order chi connectivity index (χ0) is 14.2. The van der Waals surface area contributed by atoms with Crippen LogP contribution in [0, 0.1) is 0 Å². The Kier molecular flexibility index (Phi) is 3.58. The van der Waals surface area contributed by atoms with Crippen LogP contribution in [0.5, 0.6) is 0 Å². The number of aliphatic hydroxyl groups excluding tert-OH is 1. The minimum atomic E-state index is -4.36. The third-order valence-electron chi connectivity index (χ3n) is 3.38. The standard InChI is InChI=1S/C14H16F3NO/c1-3-18-12-6-4-5-11(14(15,16)17)10(12)7-13(18)9(2)8-19/h4-7,9,19H,3,8H2,1-2H3. The molecule has 1 N–H and O–H groups in total. The number of halogens is 3. The van der Waals surface area contributed by atoms with Crippen LogP contribution in [-0.2, 0) is 12.7 Å². The first-order valence-electron chi connectivity index (χ1n) is 6.20. The van der Waals surface area contributed by atoms with Gasteiger partial charge in [-0.25, -0.2) is 0 Å². The van der Waals surface area contributed by atoms with E-state index in [0.717, 1.165) is 11.8 Å². The molecule has 0 fully saturated rings. The Hall–Kier alpha value is -1.49. The van der Waals surface area contributed by atoms with Gasteiger partial charge in [0.05, 0.1) is 12.2 Å². The van der Waals surface area contributed by atoms with Gasteiger partial charge < -0.3 is 9.67 Å². The van der Waals surface area contributed by atoms with Crippen LogP contribution in [0.3, 0.4) is 0 Å². The molecule has 0 amide bonds. The highest BCUT2D eigenvalue weighted by Gasteiger charge is 2.33. The van der Waals surface area contributed by atoms with E-state index in [9.17, 15) is 18.3 Å². The van der Waals surface area contributed by atoms with E-state index in [1.165, 1.54) is 6.07 Å². The summed E-state index contributed by atoms with van der Waals surface area (Å²) in [7, 11) is 0. The lowest BCUT2D eigenvalue weighted by atomic mass is 10.1. The van der Waals surface area contributed by atoms with E-state index in [1.54, 1.807) is 19.1 Å². The van der Waals surface area contributed by atoms with Gasteiger partial charge in [-0.2, -0.15) is 13.2 Å². The third-order valence-corrected chi connectivity index (χ3v) is 3.38. The van der Waals surface area contributed by atoms with Crippen LogP contribution in [0.1, 0.15) is 31.0 Å². The van der Waals surface area contributed by atoms with Gasteiger partial charge in [0.1, 0.15) is 0 Å². The highest BCUT2D eigenvalue weighted by atomic mass is 19.4. The van der Waals surface area contributed by atoms with Gasteiger partial charge in [0.25, 0.3) is 0 Å². The lowest BCUT2D eigenvalue weighted by molar-refractivity contribution is -0.136. The Morgan fingerprint density at radius 2 is 2.00 bits per heavy atom. The normalized spacial score (nSPS) is 14.0. The molecule has 0 saturated carbocycles. The van der Waals surface area contributed by atoms with Crippen LogP contribution in [0.15, 0.2) is 24.3 Å². The van der Waals surface area contributed by atoms with Gasteiger partial charge in [-0.05, 0) is 25.1 Å². The van der Waals surface area contributed by atoms with Crippen molar-refractivity contribution in [3.63, 3.8) is 0 Å². The van der Waals surface area contributed by atoms with Crippen molar-refractivity contribution in [2.45, 2.75) is 32.5 Å². The largest absolute Gasteiger partial charge is 0.417 e. The van der Waals surface area contributed by atoms with Crippen LogP contribution in [0.4, 0.5) is 13.2 Å². The van der Waals surface area contributed by atoms with Crippen LogP contribution < -0.4 is 0 Å². The summed E-state index contributed by atoms with van der Waals surface area (Å²) in [6.45, 7) is 4.17. The number of aromatic nitrogens is 1. The monoisotopic (exact) mass is 271 g/mol. The lowest BCUT2D eigenvalue weighted by Gasteiger charge is -2.12. The Labute approximate surface area is 109 Å². The molecule has 1 aromatic carbocycles. The van der Waals surface area contributed by atoms with Crippen LogP contribution in [0.2, 0.25) is 0 Å². The second-order valence-electron chi connectivity index (χ2n) is 4.63. The molecule has 19 heavy (non-hydrogen) atoms. The van der Waals surface area contributed by atoms with Gasteiger partial charge >= 0.3 is 6.18 Å². The average Bonchev–Trinajstić information content (AvgIpc) is 2.74. The van der Waals surface area contributed by atoms with E-state index >= 15 is 0 Å². The molecule has 0 bridgehead atoms. The molecule has 1 heterocycles. The minimum Gasteiger partial charge on any atom is -0.396 e. The highest BCUT2D eigenvalue weighted by Crippen LogP contribution is 2.37. The molecule has 0 spiro atoms. The number of aliphatic hydroxyl groups is 1. The number of rotatable bonds is 3. The number of nitrogens with zero attached hydrogens (tertiary/aromatic N) is 1. The van der Waals surface area contributed by atoms with Gasteiger partial charge in [-0.15, -0.1) is 0 Å². The van der Waals surface area contributed by atoms with Crippen molar-refractivity contribution >= 4 is 10.9 Å². The molecule has 1 aromatic heterocycles. The minimum absolute atomic E-state index is 0.0856. The predicted octanol–water partition coefficient (Wildman–Crippen LogP) is 3.78. The third kappa shape index (κ3) is 2.34. The van der Waals surface area contributed by atoms with Gasteiger partial charge in [-0.1, -0.05) is 13.0 Å². The molecular formula is C14H16F3NO. The fourth-order valence-electron chi connectivity index (χ4n) is 2.41. The Bertz CT molecular complexity index is 586. The first-order valence-corrected chi connectivity index (χ1v) is 6.20. The van der Waals surface area contributed by atoms with Crippen molar-refractivity contribution in [3.8, 4) is 0 Å². The second kappa shape index (κ2) is 4.89. The molecule has 2 rings (SSSR count). The Morgan fingerprint density at radius 1 is 1.32 bits per heavy atom. The zero-order valence-electron chi connectivity index (χ0n) is 10.8. The molecule has 0 aliphatic rings. The Balaban J connectivity index is 2.75. The predicted molar refractivity (Wildman–Crippen MR) is 68.1 cm³/mol. The summed E-state index contributed by atoms with van der Waals surface area (Å²) in [4.78, 5) is 0. The van der Waals surface area contributed by atoms with Crippen molar-refractivity contribution in [1.29, 1.82) is 0 Å². The summed E-state index contributed by atoms with van der Waals surface area (Å²) in [5.41, 5.74) is 0.674. The number of hydrogen-bond donors (Lipinski definition) is 1. The summed E-state index contributed by atoms with van der Waals surface area (Å²) in [5, 5.41) is 9.43. The molecule has 0 aliphatic carbocycles. The Morgan fingerprint density at radius 3 is 2.53 bits per heavy atom. The maximum Gasteiger partial charge on any atom is 0.417 e. The molecule has 1 atom stereocenters. The van der Waals surface area contributed by atoms with Crippen molar-refractivity contribution in [3.05, 3.63) is 35.5 Å². The van der Waals surface area contributed by atoms with Crippen LogP contribution in [-0.4, -0.2) is 16.3 Å². The number of alkyl halides is 3. The molecular weight excluding hydrogens is 255 g/mol. The van der Waals surface area contributed by atoms with E-state index in [0.29, 0.717) is 12.1 Å². The maximum atomic E-state index is 13.0. The second-order valence-corrected chi connectivity index (χ2v) is 4.63. The number of aryl methyl sites for hydroxylation is 1. The topological polar surface area (TPSA) is 25.2 Å². The molecule has 0 radical (unpaired) electrons. The summed E-state index contributed by atoms with van der Waals surface area (Å²) in [6, 6.07) is 5.74. The molecule has 0 aliphatic heterocycles. The van der Waals surface area contributed by atoms with Gasteiger partial charge in [0.15, 0.2) is 0 Å². The van der Waals surface area contributed by atoms with Gasteiger partial charge in [0, 0.05) is 29.1 Å². The summed E-state index contributed by atoms with van der Waals surface area (Å²) in [6.07, 6.45) is -4.36. The van der Waals surface area contributed by atoms with Crippen molar-refractivity contribution in [2.75, 3.05) is 6.61 Å². The van der Waals surface area contributed by atoms with E-state index in [4.69, 9.17) is 0 Å². The van der Waals surface area contributed by atoms with Crippen LogP contribution >= 0.6 is 0 Å². The summed E-state index contributed by atoms with van der Waals surface area (Å²) in [5.74, 6) is -0.187. The van der Waals surface area contributed by atoms with Crippen LogP contribution in [0.25, 0.3) is 10.9 Å². The summed E-state index contributed by atoms with van der Waals surface area (Å²) < 4.78 is 40.8. The van der Waals surface area contributed by atoms with E-state index in [1.807, 2.05) is 11.5 Å². The van der Waals surface area contributed by atoms with E-state index < -0.39 is 11.7 Å². The number of hydrogen-bond acceptors (Lipinski definition) is 1. The molecule has 5 heteroatoms. The fraction of sp³-hybridized carbons (Fsp3) is 0.429. The molecule has 2 aromatic rings. The number of benzene rings is 1. The zero-order valence-corrected chi connectivity index (χ0v) is 10.8. The fourth-order valence-corrected chi connectivity index (χ4v) is 2.41. The average molecular weight is 271 g/mol. The molecule has 2 nitrogen and oxygen atoms in total. The highest BCUT2D eigenvalue weighted by molar-refractivity contribution is 5.85. The number of fused-ring (bicyclic) bond motifs is 1. The SMILES string of the molecule is CCn1c(C(C)CO)cc2c(C(F)(F)F)cccc21. The maximum absolute atomic E-state index is 13.0. The van der Waals surface area contributed by atoms with Gasteiger partial charge in [0.2, 0.25) is 0 Å². The van der Waals surface area contributed by atoms with Crippen molar-refractivity contribution in [2.24, 2.45) is 0 Å². The molecule has 104 valence electrons.